The van der Waals surface area contributed by atoms with Crippen LogP contribution >= 0.6 is 0 Å². The fraction of sp³-hybridized carbons (Fsp3) is 0.0476. The lowest BCUT2D eigenvalue weighted by atomic mass is 10.0. The summed E-state index contributed by atoms with van der Waals surface area (Å²) in [6, 6.07) is 20.5. The molecule has 130 valence electrons. The second-order valence-electron chi connectivity index (χ2n) is 6.36. The van der Waals surface area contributed by atoms with E-state index in [1.54, 1.807) is 6.33 Å². The Kier molecular flexibility index (Phi) is 3.53. The van der Waals surface area contributed by atoms with Crippen LogP contribution in [0.15, 0.2) is 73.3 Å². The van der Waals surface area contributed by atoms with Crippen LogP contribution in [0.3, 0.4) is 0 Å². The van der Waals surface area contributed by atoms with Gasteiger partial charge >= 0.3 is 0 Å². The van der Waals surface area contributed by atoms with Gasteiger partial charge in [0.25, 0.3) is 0 Å². The van der Waals surface area contributed by atoms with Crippen molar-refractivity contribution >= 4 is 16.7 Å². The molecule has 0 saturated carbocycles. The summed E-state index contributed by atoms with van der Waals surface area (Å²) in [7, 11) is 0. The van der Waals surface area contributed by atoms with Gasteiger partial charge in [-0.1, -0.05) is 48.5 Å². The number of nitrogen functional groups attached to an aromatic ring is 1. The van der Waals surface area contributed by atoms with Crippen LogP contribution in [-0.2, 0) is 6.54 Å². The molecule has 0 unspecified atom stereocenters. The van der Waals surface area contributed by atoms with Crippen LogP contribution in [0.2, 0.25) is 0 Å². The van der Waals surface area contributed by atoms with Crippen molar-refractivity contribution in [3.05, 3.63) is 78.9 Å². The quantitative estimate of drug-likeness (QED) is 0.536. The molecular weight excluding hydrogens is 336 g/mol. The molecule has 27 heavy (non-hydrogen) atoms. The highest BCUT2D eigenvalue weighted by atomic mass is 15.1. The van der Waals surface area contributed by atoms with Crippen molar-refractivity contribution in [3.63, 3.8) is 0 Å². The number of fused-ring (bicyclic) bond motifs is 2. The summed E-state index contributed by atoms with van der Waals surface area (Å²) in [6.45, 7) is 0.574. The molecule has 2 aromatic carbocycles. The van der Waals surface area contributed by atoms with Gasteiger partial charge in [-0.05, 0) is 17.7 Å². The fourth-order valence-electron chi connectivity index (χ4n) is 3.32. The molecule has 0 amide bonds. The number of nitrogens with two attached hydrogens (primary N) is 1. The lowest BCUT2D eigenvalue weighted by molar-refractivity contribution is 0.762. The third-order valence-corrected chi connectivity index (χ3v) is 4.62. The second kappa shape index (κ2) is 6.17. The highest BCUT2D eigenvalue weighted by molar-refractivity contribution is 5.83. The summed E-state index contributed by atoms with van der Waals surface area (Å²) in [5, 5.41) is 1.10. The minimum Gasteiger partial charge on any atom is -0.382 e. The standard InChI is InChI=1S/C21H16N6/c22-20-19-21(24-12-23-19)27(13-25-20)11-16-10-15-8-4-5-9-17(15)26-18(16)14-6-2-1-3-7-14/h1-10,12-13H,11,22H2. The van der Waals surface area contributed by atoms with Gasteiger partial charge in [0, 0.05) is 10.9 Å². The van der Waals surface area contributed by atoms with Crippen molar-refractivity contribution in [3.8, 4) is 22.8 Å². The molecule has 3 aromatic rings. The van der Waals surface area contributed by atoms with Crippen molar-refractivity contribution in [1.29, 1.82) is 0 Å². The Morgan fingerprint density at radius 2 is 1.67 bits per heavy atom. The first-order valence-corrected chi connectivity index (χ1v) is 8.65. The van der Waals surface area contributed by atoms with Crippen LogP contribution in [-0.4, -0.2) is 24.5 Å². The molecule has 2 aliphatic rings. The molecule has 0 fully saturated rings. The zero-order valence-corrected chi connectivity index (χ0v) is 14.4. The second-order valence-corrected chi connectivity index (χ2v) is 6.36. The molecule has 3 heterocycles. The minimum absolute atomic E-state index is 0.388. The number of benzene rings is 2. The van der Waals surface area contributed by atoms with E-state index in [1.807, 2.05) is 41.0 Å². The summed E-state index contributed by atoms with van der Waals surface area (Å²) in [5.41, 5.74) is 10.6. The highest BCUT2D eigenvalue weighted by Gasteiger charge is 2.17. The molecule has 0 radical (unpaired) electrons. The Morgan fingerprint density at radius 3 is 2.56 bits per heavy atom. The van der Waals surface area contributed by atoms with Crippen LogP contribution < -0.4 is 5.73 Å². The zero-order chi connectivity index (χ0) is 18.2. The van der Waals surface area contributed by atoms with E-state index < -0.39 is 0 Å². The first-order chi connectivity index (χ1) is 13.3. The van der Waals surface area contributed by atoms with E-state index in [4.69, 9.17) is 10.7 Å². The van der Waals surface area contributed by atoms with E-state index in [0.717, 1.165) is 33.5 Å². The van der Waals surface area contributed by atoms with Crippen molar-refractivity contribution < 1.29 is 0 Å². The summed E-state index contributed by atoms with van der Waals surface area (Å²) in [4.78, 5) is 17.8. The van der Waals surface area contributed by atoms with Crippen molar-refractivity contribution in [1.82, 2.24) is 24.5 Å². The van der Waals surface area contributed by atoms with Gasteiger partial charge in [0.2, 0.25) is 0 Å². The molecule has 6 nitrogen and oxygen atoms in total. The summed E-state index contributed by atoms with van der Waals surface area (Å²) >= 11 is 0. The van der Waals surface area contributed by atoms with Crippen molar-refractivity contribution in [2.24, 2.45) is 0 Å². The molecule has 1 aromatic heterocycles. The Bertz CT molecular complexity index is 1210. The molecule has 0 saturated heterocycles. The number of para-hydroxylation sites is 1. The smallest absolute Gasteiger partial charge is 0.165 e. The molecular formula is C21H16N6. The van der Waals surface area contributed by atoms with Crippen LogP contribution in [0, 0.1) is 0 Å². The van der Waals surface area contributed by atoms with E-state index >= 15 is 0 Å². The predicted molar refractivity (Wildman–Crippen MR) is 105 cm³/mol. The maximum Gasteiger partial charge on any atom is 0.165 e. The Labute approximate surface area is 155 Å². The lowest BCUT2D eigenvalue weighted by Crippen LogP contribution is -2.10. The van der Waals surface area contributed by atoms with Gasteiger partial charge in [0.05, 0.1) is 24.1 Å². The van der Waals surface area contributed by atoms with Crippen LogP contribution in [0.5, 0.6) is 0 Å². The van der Waals surface area contributed by atoms with E-state index in [9.17, 15) is 0 Å². The van der Waals surface area contributed by atoms with Gasteiger partial charge in [-0.25, -0.2) is 19.9 Å². The van der Waals surface area contributed by atoms with E-state index in [-0.39, 0.29) is 0 Å². The van der Waals surface area contributed by atoms with E-state index in [0.29, 0.717) is 18.1 Å². The monoisotopic (exact) mass is 352 g/mol. The lowest BCUT2D eigenvalue weighted by Gasteiger charge is -2.15. The molecule has 2 aliphatic heterocycles. The van der Waals surface area contributed by atoms with E-state index in [2.05, 4.69) is 39.2 Å². The van der Waals surface area contributed by atoms with Crippen LogP contribution in [0.1, 0.15) is 5.56 Å². The molecule has 0 spiro atoms. The number of hydrogen-bond acceptors (Lipinski definition) is 5. The topological polar surface area (TPSA) is 82.5 Å². The minimum atomic E-state index is 0.388. The number of anilines is 1. The third-order valence-electron chi connectivity index (χ3n) is 4.62. The van der Waals surface area contributed by atoms with Gasteiger partial charge in [0.1, 0.15) is 12.0 Å². The molecule has 0 bridgehead atoms. The average molecular weight is 352 g/mol. The average Bonchev–Trinajstić information content (AvgIpc) is 3.21. The summed E-state index contributed by atoms with van der Waals surface area (Å²) < 4.78 is 1.96. The van der Waals surface area contributed by atoms with Gasteiger partial charge in [-0.3, -0.25) is 0 Å². The zero-order valence-electron chi connectivity index (χ0n) is 14.4. The molecule has 0 atom stereocenters. The van der Waals surface area contributed by atoms with Crippen LogP contribution in [0.25, 0.3) is 33.7 Å². The molecule has 6 heteroatoms. The van der Waals surface area contributed by atoms with E-state index in [1.165, 1.54) is 6.33 Å². The maximum atomic E-state index is 5.92. The largest absolute Gasteiger partial charge is 0.382 e. The Balaban J connectivity index is 1.69. The maximum absolute atomic E-state index is 5.92. The predicted octanol–water partition coefficient (Wildman–Crippen LogP) is 3.62. The summed E-state index contributed by atoms with van der Waals surface area (Å²) in [5.74, 6) is 1.10. The third kappa shape index (κ3) is 2.67. The van der Waals surface area contributed by atoms with Gasteiger partial charge < -0.3 is 10.3 Å². The Hall–Kier alpha value is -3.80. The SMILES string of the molecule is Nc1ncn(Cc2cc3ccccc3nc2-c2ccccc2)c2ncnc1-2. The first-order valence-electron chi connectivity index (χ1n) is 8.65. The Morgan fingerprint density at radius 1 is 0.852 bits per heavy atom. The number of pyridine rings is 1. The number of imidazole rings is 1. The highest BCUT2D eigenvalue weighted by Crippen LogP contribution is 2.28. The molecule has 0 aliphatic carbocycles. The van der Waals surface area contributed by atoms with Crippen molar-refractivity contribution in [2.45, 2.75) is 6.54 Å². The number of aromatic nitrogens is 5. The first kappa shape index (κ1) is 15.5. The number of hydrogen-bond donors (Lipinski definition) is 1. The van der Waals surface area contributed by atoms with Gasteiger partial charge in [-0.15, -0.1) is 0 Å². The van der Waals surface area contributed by atoms with Gasteiger partial charge in [0.15, 0.2) is 11.6 Å². The fourth-order valence-corrected chi connectivity index (χ4v) is 3.32. The van der Waals surface area contributed by atoms with Crippen molar-refractivity contribution in [2.75, 3.05) is 5.73 Å². The van der Waals surface area contributed by atoms with Crippen LogP contribution in [0.4, 0.5) is 5.82 Å². The normalized spacial score (nSPS) is 11.3. The number of rotatable bonds is 3. The summed E-state index contributed by atoms with van der Waals surface area (Å²) in [6.07, 6.45) is 3.21. The number of nitrogens with zero attached hydrogens (tertiary/aromatic N) is 5. The van der Waals surface area contributed by atoms with Gasteiger partial charge in [-0.2, -0.15) is 0 Å². The molecule has 5 rings (SSSR count). The molecule has 2 N–H and O–H groups in total.